The molecule has 0 spiro atoms. The van der Waals surface area contributed by atoms with Crippen LogP contribution >= 0.6 is 15.9 Å². The minimum absolute atomic E-state index is 0.0806. The first-order chi connectivity index (χ1) is 15.1. The van der Waals surface area contributed by atoms with Crippen LogP contribution in [0.3, 0.4) is 0 Å². The van der Waals surface area contributed by atoms with Crippen LogP contribution in [0.4, 0.5) is 0 Å². The van der Waals surface area contributed by atoms with E-state index < -0.39 is 0 Å². The summed E-state index contributed by atoms with van der Waals surface area (Å²) in [5, 5.41) is 0. The van der Waals surface area contributed by atoms with E-state index in [2.05, 4.69) is 25.8 Å². The number of ether oxygens (including phenoxy) is 2. The van der Waals surface area contributed by atoms with Gasteiger partial charge < -0.3 is 19.3 Å². The molecule has 3 heterocycles. The van der Waals surface area contributed by atoms with Crippen molar-refractivity contribution in [3.8, 4) is 11.6 Å². The van der Waals surface area contributed by atoms with E-state index in [1.54, 1.807) is 17.0 Å². The Hall–Kier alpha value is -2.49. The quantitative estimate of drug-likeness (QED) is 0.642. The molecule has 2 saturated heterocycles. The molecule has 0 unspecified atom stereocenters. The molecule has 0 atom stereocenters. The van der Waals surface area contributed by atoms with Gasteiger partial charge in [0.05, 0.1) is 25.3 Å². The number of hydrogen-bond acceptors (Lipinski definition) is 6. The number of aromatic nitrogens is 1. The van der Waals surface area contributed by atoms with Gasteiger partial charge in [-0.3, -0.25) is 14.5 Å². The van der Waals surface area contributed by atoms with E-state index in [0.717, 1.165) is 17.6 Å². The van der Waals surface area contributed by atoms with Gasteiger partial charge in [0, 0.05) is 56.0 Å². The van der Waals surface area contributed by atoms with Crippen molar-refractivity contribution in [2.75, 3.05) is 59.0 Å². The lowest BCUT2D eigenvalue weighted by Gasteiger charge is -2.36. The molecule has 0 saturated carbocycles. The van der Waals surface area contributed by atoms with Crippen molar-refractivity contribution >= 4 is 27.7 Å². The highest BCUT2D eigenvalue weighted by Gasteiger charge is 2.26. The van der Waals surface area contributed by atoms with E-state index in [1.807, 2.05) is 29.2 Å². The molecule has 1 aromatic carbocycles. The van der Waals surface area contributed by atoms with Gasteiger partial charge in [0.2, 0.25) is 11.8 Å². The molecular formula is C22H25BrN4O4. The van der Waals surface area contributed by atoms with Crippen molar-refractivity contribution < 1.29 is 19.1 Å². The number of carbonyl (C=O) groups excluding carboxylic acids is 2. The van der Waals surface area contributed by atoms with Crippen molar-refractivity contribution in [3.63, 3.8) is 0 Å². The monoisotopic (exact) mass is 488 g/mol. The summed E-state index contributed by atoms with van der Waals surface area (Å²) < 4.78 is 12.0. The number of benzene rings is 1. The van der Waals surface area contributed by atoms with Crippen LogP contribution < -0.4 is 4.74 Å². The summed E-state index contributed by atoms with van der Waals surface area (Å²) >= 11 is 3.39. The van der Waals surface area contributed by atoms with Gasteiger partial charge >= 0.3 is 0 Å². The van der Waals surface area contributed by atoms with Crippen LogP contribution in [0.1, 0.15) is 10.4 Å². The largest absolute Gasteiger partial charge is 0.439 e. The number of pyridine rings is 1. The molecule has 8 nitrogen and oxygen atoms in total. The van der Waals surface area contributed by atoms with Crippen LogP contribution in [-0.4, -0.2) is 90.5 Å². The van der Waals surface area contributed by atoms with Crippen LogP contribution in [0.5, 0.6) is 11.6 Å². The van der Waals surface area contributed by atoms with Gasteiger partial charge in [-0.15, -0.1) is 0 Å². The van der Waals surface area contributed by atoms with Crippen molar-refractivity contribution in [1.29, 1.82) is 0 Å². The van der Waals surface area contributed by atoms with Gasteiger partial charge in [0.25, 0.3) is 5.91 Å². The van der Waals surface area contributed by atoms with Crippen molar-refractivity contribution in [2.45, 2.75) is 0 Å². The number of nitrogens with zero attached hydrogens (tertiary/aromatic N) is 4. The van der Waals surface area contributed by atoms with Crippen LogP contribution in [0.25, 0.3) is 0 Å². The first-order valence-corrected chi connectivity index (χ1v) is 11.1. The third-order valence-electron chi connectivity index (χ3n) is 5.40. The average Bonchev–Trinajstić information content (AvgIpc) is 2.81. The molecular weight excluding hydrogens is 464 g/mol. The lowest BCUT2D eigenvalue weighted by atomic mass is 10.2. The zero-order chi connectivity index (χ0) is 21.6. The van der Waals surface area contributed by atoms with Crippen LogP contribution in [0.2, 0.25) is 0 Å². The molecule has 2 fully saturated rings. The summed E-state index contributed by atoms with van der Waals surface area (Å²) in [6, 6.07) is 10.9. The van der Waals surface area contributed by atoms with Gasteiger partial charge in [-0.05, 0) is 30.3 Å². The molecule has 2 aliphatic heterocycles. The van der Waals surface area contributed by atoms with E-state index >= 15 is 0 Å². The van der Waals surface area contributed by atoms with E-state index in [9.17, 15) is 9.59 Å². The Morgan fingerprint density at radius 3 is 2.26 bits per heavy atom. The molecule has 164 valence electrons. The number of piperazine rings is 1. The second-order valence-corrected chi connectivity index (χ2v) is 8.42. The topological polar surface area (TPSA) is 75.2 Å². The van der Waals surface area contributed by atoms with Crippen molar-refractivity contribution in [3.05, 3.63) is 52.6 Å². The normalized spacial score (nSPS) is 17.5. The average molecular weight is 489 g/mol. The molecule has 0 bridgehead atoms. The molecule has 0 N–H and O–H groups in total. The Labute approximate surface area is 189 Å². The predicted octanol–water partition coefficient (Wildman–Crippen LogP) is 2.25. The van der Waals surface area contributed by atoms with Crippen LogP contribution in [-0.2, 0) is 9.53 Å². The van der Waals surface area contributed by atoms with E-state index in [0.29, 0.717) is 63.1 Å². The maximum Gasteiger partial charge on any atom is 0.255 e. The molecule has 1 aromatic heterocycles. The third kappa shape index (κ3) is 5.81. The fraction of sp³-hybridized carbons (Fsp3) is 0.409. The summed E-state index contributed by atoms with van der Waals surface area (Å²) in [5.74, 6) is 1.14. The maximum absolute atomic E-state index is 12.8. The molecule has 4 rings (SSSR count). The standard InChI is InChI=1S/C22H25BrN4O4/c23-18-2-4-19(5-3-18)31-20-6-1-17(15-24-20)22(29)27-9-7-26(8-10-27)21(28)16-25-11-13-30-14-12-25/h1-6,15H,7-14,16H2. The highest BCUT2D eigenvalue weighted by Crippen LogP contribution is 2.22. The minimum atomic E-state index is -0.0806. The summed E-state index contributed by atoms with van der Waals surface area (Å²) in [7, 11) is 0. The second-order valence-electron chi connectivity index (χ2n) is 7.50. The highest BCUT2D eigenvalue weighted by molar-refractivity contribution is 9.10. The number of carbonyl (C=O) groups is 2. The first-order valence-electron chi connectivity index (χ1n) is 10.3. The fourth-order valence-electron chi connectivity index (χ4n) is 3.58. The van der Waals surface area contributed by atoms with E-state index in [-0.39, 0.29) is 11.8 Å². The molecule has 9 heteroatoms. The second kappa shape index (κ2) is 10.2. The molecule has 2 aromatic rings. The first kappa shape index (κ1) is 21.7. The SMILES string of the molecule is O=C(CN1CCOCC1)N1CCN(C(=O)c2ccc(Oc3ccc(Br)cc3)nc2)CC1. The zero-order valence-corrected chi connectivity index (χ0v) is 18.8. The van der Waals surface area contributed by atoms with Crippen LogP contribution in [0.15, 0.2) is 47.1 Å². The molecule has 31 heavy (non-hydrogen) atoms. The lowest BCUT2D eigenvalue weighted by Crippen LogP contribution is -2.53. The van der Waals surface area contributed by atoms with Crippen molar-refractivity contribution in [2.24, 2.45) is 0 Å². The number of halogens is 1. The summed E-state index contributed by atoms with van der Waals surface area (Å²) in [4.78, 5) is 35.3. The number of hydrogen-bond donors (Lipinski definition) is 0. The smallest absolute Gasteiger partial charge is 0.255 e. The van der Waals surface area contributed by atoms with Gasteiger partial charge in [-0.1, -0.05) is 15.9 Å². The number of rotatable bonds is 5. The number of amides is 2. The molecule has 0 aliphatic carbocycles. The summed E-state index contributed by atoms with van der Waals surface area (Å²) in [6.45, 7) is 5.49. The summed E-state index contributed by atoms with van der Waals surface area (Å²) in [5.41, 5.74) is 0.510. The van der Waals surface area contributed by atoms with Gasteiger partial charge in [0.15, 0.2) is 0 Å². The Bertz CT molecular complexity index is 893. The van der Waals surface area contributed by atoms with Gasteiger partial charge in [0.1, 0.15) is 5.75 Å². The Morgan fingerprint density at radius 2 is 1.61 bits per heavy atom. The maximum atomic E-state index is 12.8. The fourth-order valence-corrected chi connectivity index (χ4v) is 3.85. The zero-order valence-electron chi connectivity index (χ0n) is 17.2. The van der Waals surface area contributed by atoms with Crippen LogP contribution in [0, 0.1) is 0 Å². The predicted molar refractivity (Wildman–Crippen MR) is 118 cm³/mol. The summed E-state index contributed by atoms with van der Waals surface area (Å²) in [6.07, 6.45) is 1.53. The highest BCUT2D eigenvalue weighted by atomic mass is 79.9. The molecule has 2 amide bonds. The lowest BCUT2D eigenvalue weighted by molar-refractivity contribution is -0.134. The van der Waals surface area contributed by atoms with E-state index in [1.165, 1.54) is 6.20 Å². The number of morpholine rings is 1. The van der Waals surface area contributed by atoms with Crippen molar-refractivity contribution in [1.82, 2.24) is 19.7 Å². The third-order valence-corrected chi connectivity index (χ3v) is 5.93. The minimum Gasteiger partial charge on any atom is -0.439 e. The Morgan fingerprint density at radius 1 is 0.935 bits per heavy atom. The molecule has 2 aliphatic rings. The molecule has 0 radical (unpaired) electrons. The van der Waals surface area contributed by atoms with Gasteiger partial charge in [-0.2, -0.15) is 0 Å². The Balaban J connectivity index is 1.27. The Kier molecular flexibility index (Phi) is 7.16. The van der Waals surface area contributed by atoms with Gasteiger partial charge in [-0.25, -0.2) is 4.98 Å². The van der Waals surface area contributed by atoms with E-state index in [4.69, 9.17) is 9.47 Å².